The standard InChI is InChI=1S/C50H29N5O/c1-3-12-33-27-35(19-17-30(33)9-1)36-21-23-39-42(29-36)55(41-24-22-32-11-5-6-14-38(32)45(39)41)50-53-48(37-20-18-31-10-2-4-13-34(31)28-37)52-49(54-50)47-46-40-15-7-8-16-43(40)56-44(46)25-26-51-47/h1-29H. The monoisotopic (exact) mass is 715 g/mol. The van der Waals surface area contributed by atoms with E-state index in [1.165, 1.54) is 21.5 Å². The zero-order valence-electron chi connectivity index (χ0n) is 29.9. The Morgan fingerprint density at radius 1 is 0.393 bits per heavy atom. The summed E-state index contributed by atoms with van der Waals surface area (Å²) in [4.78, 5) is 20.8. The predicted octanol–water partition coefficient (Wildman–Crippen LogP) is 12.7. The summed E-state index contributed by atoms with van der Waals surface area (Å²) >= 11 is 0. The van der Waals surface area contributed by atoms with Crippen molar-refractivity contribution in [1.29, 1.82) is 0 Å². The zero-order chi connectivity index (χ0) is 36.7. The fourth-order valence-corrected chi connectivity index (χ4v) is 8.42. The molecule has 0 spiro atoms. The number of furan rings is 1. The fourth-order valence-electron chi connectivity index (χ4n) is 8.42. The van der Waals surface area contributed by atoms with Crippen molar-refractivity contribution < 1.29 is 4.42 Å². The van der Waals surface area contributed by atoms with Gasteiger partial charge in [-0.1, -0.05) is 133 Å². The Bertz CT molecular complexity index is 3560. The van der Waals surface area contributed by atoms with Crippen LogP contribution >= 0.6 is 0 Å². The summed E-state index contributed by atoms with van der Waals surface area (Å²) < 4.78 is 8.50. The van der Waals surface area contributed by atoms with Crippen molar-refractivity contribution in [3.05, 3.63) is 176 Å². The lowest BCUT2D eigenvalue weighted by Gasteiger charge is -2.12. The molecule has 8 aromatic carbocycles. The van der Waals surface area contributed by atoms with Crippen molar-refractivity contribution in [1.82, 2.24) is 24.5 Å². The summed E-state index contributed by atoms with van der Waals surface area (Å²) in [7, 11) is 0. The molecular formula is C50H29N5O. The van der Waals surface area contributed by atoms with Gasteiger partial charge in [0.15, 0.2) is 11.6 Å². The average Bonchev–Trinajstić information content (AvgIpc) is 3.82. The van der Waals surface area contributed by atoms with E-state index in [4.69, 9.17) is 24.4 Å². The summed E-state index contributed by atoms with van der Waals surface area (Å²) in [6.45, 7) is 0. The normalized spacial score (nSPS) is 11.9. The van der Waals surface area contributed by atoms with Gasteiger partial charge in [0.2, 0.25) is 5.95 Å². The predicted molar refractivity (Wildman–Crippen MR) is 228 cm³/mol. The van der Waals surface area contributed by atoms with Gasteiger partial charge < -0.3 is 4.42 Å². The van der Waals surface area contributed by atoms with E-state index >= 15 is 0 Å². The lowest BCUT2D eigenvalue weighted by molar-refractivity contribution is 0.668. The Morgan fingerprint density at radius 2 is 1.02 bits per heavy atom. The van der Waals surface area contributed by atoms with Crippen LogP contribution in [0.3, 0.4) is 0 Å². The van der Waals surface area contributed by atoms with Crippen LogP contribution < -0.4 is 0 Å². The van der Waals surface area contributed by atoms with Gasteiger partial charge in [0.25, 0.3) is 0 Å². The molecule has 6 nitrogen and oxygen atoms in total. The van der Waals surface area contributed by atoms with Gasteiger partial charge in [0.05, 0.1) is 16.4 Å². The quantitative estimate of drug-likeness (QED) is 0.181. The second kappa shape index (κ2) is 11.9. The summed E-state index contributed by atoms with van der Waals surface area (Å²) in [5.74, 6) is 1.54. The second-order valence-corrected chi connectivity index (χ2v) is 14.3. The maximum atomic E-state index is 6.30. The van der Waals surface area contributed by atoms with Crippen LogP contribution in [0, 0.1) is 0 Å². The van der Waals surface area contributed by atoms with Crippen molar-refractivity contribution in [3.63, 3.8) is 0 Å². The first-order valence-electron chi connectivity index (χ1n) is 18.7. The lowest BCUT2D eigenvalue weighted by Crippen LogP contribution is -2.07. The summed E-state index contributed by atoms with van der Waals surface area (Å²) in [6, 6.07) is 59.5. The third-order valence-electron chi connectivity index (χ3n) is 11.1. The number of hydrogen-bond acceptors (Lipinski definition) is 5. The first kappa shape index (κ1) is 30.7. The Labute approximate surface area is 320 Å². The Balaban J connectivity index is 1.18. The highest BCUT2D eigenvalue weighted by Crippen LogP contribution is 2.40. The van der Waals surface area contributed by atoms with Gasteiger partial charge in [-0.05, 0) is 79.8 Å². The van der Waals surface area contributed by atoms with Crippen LogP contribution in [0.2, 0.25) is 0 Å². The molecule has 0 aliphatic rings. The molecule has 0 atom stereocenters. The number of para-hydroxylation sites is 1. The fraction of sp³-hybridized carbons (Fsp3) is 0. The molecule has 0 bridgehead atoms. The number of fused-ring (bicyclic) bond motifs is 10. The number of hydrogen-bond donors (Lipinski definition) is 0. The van der Waals surface area contributed by atoms with Crippen LogP contribution in [0.25, 0.3) is 116 Å². The number of aromatic nitrogens is 5. The maximum absolute atomic E-state index is 6.30. The SMILES string of the molecule is c1ccc2cc(-c3ccc4c5c6ccccc6ccc5n(-c5nc(-c6ccc7ccccc7c6)nc(-c6nccc7oc8ccccc8c67)n5)c4c3)ccc2c1. The Hall–Kier alpha value is -7.70. The molecule has 4 heterocycles. The molecule has 0 amide bonds. The van der Waals surface area contributed by atoms with Crippen molar-refractivity contribution in [3.8, 4) is 40.0 Å². The molecular weight excluding hydrogens is 687 g/mol. The van der Waals surface area contributed by atoms with E-state index in [-0.39, 0.29) is 0 Å². The van der Waals surface area contributed by atoms with Crippen molar-refractivity contribution in [2.45, 2.75) is 0 Å². The molecule has 260 valence electrons. The van der Waals surface area contributed by atoms with Gasteiger partial charge in [0.1, 0.15) is 16.9 Å². The van der Waals surface area contributed by atoms with Crippen LogP contribution in [0.5, 0.6) is 0 Å². The third-order valence-corrected chi connectivity index (χ3v) is 11.1. The molecule has 0 unspecified atom stereocenters. The minimum atomic E-state index is 0.469. The zero-order valence-corrected chi connectivity index (χ0v) is 29.9. The highest BCUT2D eigenvalue weighted by atomic mass is 16.3. The molecule has 0 N–H and O–H groups in total. The highest BCUT2D eigenvalue weighted by Gasteiger charge is 2.22. The Kier molecular flexibility index (Phi) is 6.53. The Morgan fingerprint density at radius 3 is 1.84 bits per heavy atom. The summed E-state index contributed by atoms with van der Waals surface area (Å²) in [5, 5.41) is 11.1. The van der Waals surface area contributed by atoms with Crippen molar-refractivity contribution in [2.75, 3.05) is 0 Å². The van der Waals surface area contributed by atoms with Gasteiger partial charge in [-0.2, -0.15) is 9.97 Å². The number of nitrogens with zero attached hydrogens (tertiary/aromatic N) is 5. The largest absolute Gasteiger partial charge is 0.456 e. The van der Waals surface area contributed by atoms with E-state index in [1.807, 2.05) is 24.3 Å². The maximum Gasteiger partial charge on any atom is 0.238 e. The van der Waals surface area contributed by atoms with E-state index in [0.29, 0.717) is 23.3 Å². The minimum Gasteiger partial charge on any atom is -0.456 e. The van der Waals surface area contributed by atoms with E-state index in [1.54, 1.807) is 6.20 Å². The van der Waals surface area contributed by atoms with Crippen LogP contribution in [0.4, 0.5) is 0 Å². The van der Waals surface area contributed by atoms with Crippen LogP contribution in [0.15, 0.2) is 180 Å². The average molecular weight is 716 g/mol. The van der Waals surface area contributed by atoms with E-state index in [0.717, 1.165) is 71.2 Å². The molecule has 0 fully saturated rings. The van der Waals surface area contributed by atoms with Crippen LogP contribution in [-0.4, -0.2) is 24.5 Å². The summed E-state index contributed by atoms with van der Waals surface area (Å²) in [5.41, 5.74) is 7.31. The molecule has 12 aromatic rings. The minimum absolute atomic E-state index is 0.469. The molecule has 0 saturated heterocycles. The van der Waals surface area contributed by atoms with E-state index < -0.39 is 0 Å². The molecule has 0 aliphatic carbocycles. The van der Waals surface area contributed by atoms with Crippen LogP contribution in [-0.2, 0) is 0 Å². The first-order chi connectivity index (χ1) is 27.7. The van der Waals surface area contributed by atoms with Gasteiger partial charge >= 0.3 is 0 Å². The van der Waals surface area contributed by atoms with Gasteiger partial charge in [-0.25, -0.2) is 4.98 Å². The number of rotatable bonds is 4. The molecule has 6 heteroatoms. The number of benzene rings is 8. The van der Waals surface area contributed by atoms with Crippen molar-refractivity contribution >= 4 is 76.1 Å². The molecule has 12 rings (SSSR count). The van der Waals surface area contributed by atoms with Crippen LogP contribution in [0.1, 0.15) is 0 Å². The van der Waals surface area contributed by atoms with Gasteiger partial charge in [0, 0.05) is 27.9 Å². The first-order valence-corrected chi connectivity index (χ1v) is 18.7. The molecule has 4 aromatic heterocycles. The smallest absolute Gasteiger partial charge is 0.238 e. The highest BCUT2D eigenvalue weighted by molar-refractivity contribution is 6.21. The topological polar surface area (TPSA) is 69.6 Å². The molecule has 56 heavy (non-hydrogen) atoms. The van der Waals surface area contributed by atoms with Gasteiger partial charge in [-0.3, -0.25) is 9.55 Å². The third kappa shape index (κ3) is 4.69. The number of pyridine rings is 1. The molecule has 0 aliphatic heterocycles. The van der Waals surface area contributed by atoms with E-state index in [2.05, 4.69) is 150 Å². The van der Waals surface area contributed by atoms with Crippen molar-refractivity contribution in [2.24, 2.45) is 0 Å². The molecule has 0 saturated carbocycles. The molecule has 0 radical (unpaired) electrons. The lowest BCUT2D eigenvalue weighted by atomic mass is 9.99. The second-order valence-electron chi connectivity index (χ2n) is 14.3. The van der Waals surface area contributed by atoms with E-state index in [9.17, 15) is 0 Å². The van der Waals surface area contributed by atoms with Gasteiger partial charge in [-0.15, -0.1) is 0 Å². The summed E-state index contributed by atoms with van der Waals surface area (Å²) in [6.07, 6.45) is 1.77.